The molecule has 9 heteroatoms. The SMILES string of the molecule is Cc1ccnc(NS(=O)(=O)c2ccc3oc(=O)n(C)c3c2)n1. The molecular weight excluding hydrogens is 308 g/mol. The summed E-state index contributed by atoms with van der Waals surface area (Å²) in [6.07, 6.45) is 1.46. The van der Waals surface area contributed by atoms with Crippen LogP contribution >= 0.6 is 0 Å². The largest absolute Gasteiger partial charge is 0.419 e. The Hall–Kier alpha value is -2.68. The van der Waals surface area contributed by atoms with Crippen molar-refractivity contribution in [3.05, 3.63) is 46.7 Å². The topological polar surface area (TPSA) is 107 Å². The minimum absolute atomic E-state index is 0.0125. The Morgan fingerprint density at radius 2 is 2.05 bits per heavy atom. The van der Waals surface area contributed by atoms with Crippen LogP contribution in [0.15, 0.2) is 44.6 Å². The minimum atomic E-state index is -3.86. The van der Waals surface area contributed by atoms with Gasteiger partial charge in [0.05, 0.1) is 10.4 Å². The molecule has 0 saturated heterocycles. The molecule has 0 aliphatic carbocycles. The van der Waals surface area contributed by atoms with Gasteiger partial charge in [-0.3, -0.25) is 4.57 Å². The van der Waals surface area contributed by atoms with Crippen LogP contribution in [0, 0.1) is 6.92 Å². The van der Waals surface area contributed by atoms with Gasteiger partial charge in [0, 0.05) is 18.9 Å². The van der Waals surface area contributed by atoms with Crippen molar-refractivity contribution in [1.29, 1.82) is 0 Å². The Bertz CT molecular complexity index is 1020. The van der Waals surface area contributed by atoms with Crippen LogP contribution in [0.5, 0.6) is 0 Å². The molecular formula is C13H12N4O4S. The molecule has 0 fully saturated rings. The second-order valence-corrected chi connectivity index (χ2v) is 6.37. The van der Waals surface area contributed by atoms with Gasteiger partial charge in [0.25, 0.3) is 10.0 Å². The number of hydrogen-bond donors (Lipinski definition) is 1. The van der Waals surface area contributed by atoms with Gasteiger partial charge in [-0.1, -0.05) is 0 Å². The second-order valence-electron chi connectivity index (χ2n) is 4.68. The average molecular weight is 320 g/mol. The number of nitrogens with zero attached hydrogens (tertiary/aromatic N) is 3. The van der Waals surface area contributed by atoms with Crippen LogP contribution < -0.4 is 10.5 Å². The summed E-state index contributed by atoms with van der Waals surface area (Å²) in [5, 5.41) is 0. The van der Waals surface area contributed by atoms with Crippen LogP contribution in [0.1, 0.15) is 5.69 Å². The lowest BCUT2D eigenvalue weighted by atomic mass is 10.3. The summed E-state index contributed by atoms with van der Waals surface area (Å²) in [6.45, 7) is 1.73. The molecule has 2 heterocycles. The molecule has 3 aromatic rings. The van der Waals surface area contributed by atoms with Gasteiger partial charge in [-0.05, 0) is 31.2 Å². The Labute approximate surface area is 125 Å². The zero-order valence-corrected chi connectivity index (χ0v) is 12.6. The Morgan fingerprint density at radius 1 is 1.27 bits per heavy atom. The first-order valence-corrected chi connectivity index (χ1v) is 7.77. The van der Waals surface area contributed by atoms with Crippen LogP contribution in [0.2, 0.25) is 0 Å². The summed E-state index contributed by atoms with van der Waals surface area (Å²) in [6, 6.07) is 5.80. The average Bonchev–Trinajstić information content (AvgIpc) is 2.73. The van der Waals surface area contributed by atoms with E-state index in [2.05, 4.69) is 14.7 Å². The summed E-state index contributed by atoms with van der Waals surface area (Å²) in [7, 11) is -2.36. The van der Waals surface area contributed by atoms with Crippen LogP contribution in [0.4, 0.5) is 5.95 Å². The predicted octanol–water partition coefficient (Wildman–Crippen LogP) is 1.03. The molecule has 8 nitrogen and oxygen atoms in total. The van der Waals surface area contributed by atoms with Gasteiger partial charge < -0.3 is 4.42 Å². The van der Waals surface area contributed by atoms with Gasteiger partial charge in [0.15, 0.2) is 5.58 Å². The van der Waals surface area contributed by atoms with E-state index >= 15 is 0 Å². The smallest absolute Gasteiger partial charge is 0.408 e. The van der Waals surface area contributed by atoms with E-state index in [4.69, 9.17) is 4.42 Å². The fraction of sp³-hybridized carbons (Fsp3) is 0.154. The zero-order chi connectivity index (χ0) is 15.9. The second kappa shape index (κ2) is 4.95. The Balaban J connectivity index is 2.05. The van der Waals surface area contributed by atoms with E-state index in [1.54, 1.807) is 13.0 Å². The van der Waals surface area contributed by atoms with Crippen LogP contribution in [-0.4, -0.2) is 23.0 Å². The van der Waals surface area contributed by atoms with Crippen molar-refractivity contribution in [2.24, 2.45) is 7.05 Å². The molecule has 1 aromatic carbocycles. The molecule has 114 valence electrons. The minimum Gasteiger partial charge on any atom is -0.408 e. The Morgan fingerprint density at radius 3 is 2.77 bits per heavy atom. The predicted molar refractivity (Wildman–Crippen MR) is 79.0 cm³/mol. The van der Waals surface area contributed by atoms with Crippen molar-refractivity contribution < 1.29 is 12.8 Å². The highest BCUT2D eigenvalue weighted by atomic mass is 32.2. The summed E-state index contributed by atoms with van der Waals surface area (Å²) >= 11 is 0. The number of sulfonamides is 1. The van der Waals surface area contributed by atoms with E-state index in [1.807, 2.05) is 0 Å². The van der Waals surface area contributed by atoms with Crippen LogP contribution in [0.3, 0.4) is 0 Å². The quantitative estimate of drug-likeness (QED) is 0.772. The lowest BCUT2D eigenvalue weighted by molar-refractivity contribution is 0.528. The van der Waals surface area contributed by atoms with E-state index in [9.17, 15) is 13.2 Å². The van der Waals surface area contributed by atoms with Gasteiger partial charge >= 0.3 is 5.76 Å². The van der Waals surface area contributed by atoms with Crippen LogP contribution in [0.25, 0.3) is 11.1 Å². The van der Waals surface area contributed by atoms with Gasteiger partial charge in [0.1, 0.15) is 0 Å². The van der Waals surface area contributed by atoms with E-state index < -0.39 is 15.8 Å². The fourth-order valence-corrected chi connectivity index (χ4v) is 2.92. The molecule has 0 aliphatic rings. The number of aryl methyl sites for hydroxylation is 2. The molecule has 0 saturated carbocycles. The number of fused-ring (bicyclic) bond motifs is 1. The molecule has 0 atom stereocenters. The standard InChI is InChI=1S/C13H12N4O4S/c1-8-5-6-14-12(15-8)16-22(19,20)9-3-4-11-10(7-9)17(2)13(18)21-11/h3-7H,1-2H3,(H,14,15,16). The third kappa shape index (κ3) is 2.46. The van der Waals surface area contributed by atoms with Crippen LogP contribution in [-0.2, 0) is 17.1 Å². The Kier molecular flexibility index (Phi) is 3.21. The van der Waals surface area contributed by atoms with Crippen molar-refractivity contribution in [2.45, 2.75) is 11.8 Å². The number of oxazole rings is 1. The molecule has 0 unspecified atom stereocenters. The van der Waals surface area contributed by atoms with E-state index in [0.717, 1.165) is 0 Å². The summed E-state index contributed by atoms with van der Waals surface area (Å²) in [5.41, 5.74) is 1.34. The number of benzene rings is 1. The van der Waals surface area contributed by atoms with Crippen molar-refractivity contribution in [3.8, 4) is 0 Å². The van der Waals surface area contributed by atoms with Crippen molar-refractivity contribution in [3.63, 3.8) is 0 Å². The molecule has 0 aliphatic heterocycles. The number of hydrogen-bond acceptors (Lipinski definition) is 6. The molecule has 1 N–H and O–H groups in total. The highest BCUT2D eigenvalue weighted by molar-refractivity contribution is 7.92. The highest BCUT2D eigenvalue weighted by Gasteiger charge is 2.18. The molecule has 22 heavy (non-hydrogen) atoms. The molecule has 0 amide bonds. The lowest BCUT2D eigenvalue weighted by Crippen LogP contribution is -2.15. The first kappa shape index (κ1) is 14.3. The monoisotopic (exact) mass is 320 g/mol. The number of nitrogens with one attached hydrogen (secondary N) is 1. The van der Waals surface area contributed by atoms with Crippen molar-refractivity contribution >= 4 is 27.1 Å². The van der Waals surface area contributed by atoms with E-state index in [-0.39, 0.29) is 10.8 Å². The molecule has 0 spiro atoms. The summed E-state index contributed by atoms with van der Waals surface area (Å²) < 4.78 is 33.2. The number of rotatable bonds is 3. The fourth-order valence-electron chi connectivity index (χ4n) is 1.95. The zero-order valence-electron chi connectivity index (χ0n) is 11.8. The van der Waals surface area contributed by atoms with Gasteiger partial charge in [-0.2, -0.15) is 0 Å². The van der Waals surface area contributed by atoms with E-state index in [0.29, 0.717) is 16.8 Å². The van der Waals surface area contributed by atoms with Crippen molar-refractivity contribution in [2.75, 3.05) is 4.72 Å². The molecule has 0 radical (unpaired) electrons. The van der Waals surface area contributed by atoms with Gasteiger partial charge in [-0.15, -0.1) is 0 Å². The number of anilines is 1. The lowest BCUT2D eigenvalue weighted by Gasteiger charge is -2.07. The number of aromatic nitrogens is 3. The normalized spacial score (nSPS) is 11.7. The molecule has 2 aromatic heterocycles. The maximum Gasteiger partial charge on any atom is 0.419 e. The maximum atomic E-state index is 12.4. The third-order valence-electron chi connectivity index (χ3n) is 3.09. The van der Waals surface area contributed by atoms with Crippen molar-refractivity contribution in [1.82, 2.24) is 14.5 Å². The first-order chi connectivity index (χ1) is 10.4. The summed E-state index contributed by atoms with van der Waals surface area (Å²) in [5.74, 6) is -0.569. The first-order valence-electron chi connectivity index (χ1n) is 6.29. The molecule has 3 rings (SSSR count). The van der Waals surface area contributed by atoms with Gasteiger partial charge in [0.2, 0.25) is 5.95 Å². The third-order valence-corrected chi connectivity index (χ3v) is 4.42. The maximum absolute atomic E-state index is 12.4. The highest BCUT2D eigenvalue weighted by Crippen LogP contribution is 2.19. The molecule has 0 bridgehead atoms. The van der Waals surface area contributed by atoms with Gasteiger partial charge in [-0.25, -0.2) is 27.9 Å². The summed E-state index contributed by atoms with van der Waals surface area (Å²) in [4.78, 5) is 19.3. The van der Waals surface area contributed by atoms with E-state index in [1.165, 1.54) is 36.0 Å².